The fourth-order valence-corrected chi connectivity index (χ4v) is 2.95. The largest absolute Gasteiger partial charge is 0.388 e. The number of anilines is 1. The molecular weight excluding hydrogens is 292 g/mol. The maximum absolute atomic E-state index is 10.2. The summed E-state index contributed by atoms with van der Waals surface area (Å²) in [6.07, 6.45) is 1.93. The van der Waals surface area contributed by atoms with Gasteiger partial charge < -0.3 is 15.3 Å². The molecule has 1 aliphatic heterocycles. The van der Waals surface area contributed by atoms with Crippen LogP contribution in [0.1, 0.15) is 25.3 Å². The van der Waals surface area contributed by atoms with Crippen LogP contribution in [0.15, 0.2) is 22.7 Å². The molecule has 0 aliphatic carbocycles. The van der Waals surface area contributed by atoms with Gasteiger partial charge in [0.1, 0.15) is 0 Å². The fourth-order valence-electron chi connectivity index (χ4n) is 2.60. The molecule has 0 saturated carbocycles. The Labute approximate surface area is 117 Å². The van der Waals surface area contributed by atoms with Gasteiger partial charge in [-0.1, -0.05) is 22.0 Å². The monoisotopic (exact) mass is 312 g/mol. The standard InChI is InChI=1S/C14H21BrN2O/c1-14(18)6-3-7-17(10-14)13-8-12(15)5-4-11(13)9-16-2/h4-5,8,16,18H,3,6-7,9-10H2,1-2H3. The lowest BCUT2D eigenvalue weighted by Gasteiger charge is -2.39. The topological polar surface area (TPSA) is 35.5 Å². The van der Waals surface area contributed by atoms with E-state index in [4.69, 9.17) is 0 Å². The van der Waals surface area contributed by atoms with Crippen LogP contribution in [0.3, 0.4) is 0 Å². The predicted octanol–water partition coefficient (Wildman–Crippen LogP) is 2.52. The number of rotatable bonds is 3. The lowest BCUT2D eigenvalue weighted by Crippen LogP contribution is -2.46. The molecule has 1 unspecified atom stereocenters. The van der Waals surface area contributed by atoms with Gasteiger partial charge in [0, 0.05) is 29.8 Å². The van der Waals surface area contributed by atoms with Crippen LogP contribution < -0.4 is 10.2 Å². The normalized spacial score (nSPS) is 24.3. The number of benzene rings is 1. The third-order valence-corrected chi connectivity index (χ3v) is 3.92. The van der Waals surface area contributed by atoms with E-state index in [-0.39, 0.29) is 0 Å². The zero-order valence-corrected chi connectivity index (χ0v) is 12.6. The summed E-state index contributed by atoms with van der Waals surface area (Å²) in [5.74, 6) is 0. The minimum Gasteiger partial charge on any atom is -0.388 e. The number of hydrogen-bond acceptors (Lipinski definition) is 3. The zero-order valence-electron chi connectivity index (χ0n) is 11.0. The molecule has 2 rings (SSSR count). The van der Waals surface area contributed by atoms with Crippen LogP contribution in [-0.2, 0) is 6.54 Å². The van der Waals surface area contributed by atoms with Crippen LogP contribution >= 0.6 is 15.9 Å². The molecule has 0 radical (unpaired) electrons. The van der Waals surface area contributed by atoms with E-state index in [0.717, 1.165) is 30.4 Å². The second-order valence-corrected chi connectivity index (χ2v) is 6.24. The summed E-state index contributed by atoms with van der Waals surface area (Å²) in [7, 11) is 1.96. The lowest BCUT2D eigenvalue weighted by molar-refractivity contribution is 0.0449. The van der Waals surface area contributed by atoms with E-state index in [2.05, 4.69) is 44.3 Å². The third kappa shape index (κ3) is 3.25. The molecule has 4 heteroatoms. The molecule has 0 bridgehead atoms. The third-order valence-electron chi connectivity index (χ3n) is 3.43. The SMILES string of the molecule is CNCc1ccc(Br)cc1N1CCCC(C)(O)C1. The highest BCUT2D eigenvalue weighted by Crippen LogP contribution is 2.30. The molecule has 100 valence electrons. The van der Waals surface area contributed by atoms with Crippen molar-refractivity contribution in [2.45, 2.75) is 31.9 Å². The second-order valence-electron chi connectivity index (χ2n) is 5.33. The molecule has 1 fully saturated rings. The Bertz CT molecular complexity index is 420. The highest BCUT2D eigenvalue weighted by Gasteiger charge is 2.29. The number of halogens is 1. The first-order valence-corrected chi connectivity index (χ1v) is 7.21. The lowest BCUT2D eigenvalue weighted by atomic mass is 9.94. The van der Waals surface area contributed by atoms with Crippen molar-refractivity contribution in [1.82, 2.24) is 5.32 Å². The summed E-state index contributed by atoms with van der Waals surface area (Å²) in [4.78, 5) is 2.29. The molecule has 1 heterocycles. The Morgan fingerprint density at radius 1 is 1.50 bits per heavy atom. The molecule has 1 aromatic rings. The molecule has 1 aromatic carbocycles. The van der Waals surface area contributed by atoms with E-state index in [1.165, 1.54) is 11.3 Å². The molecule has 1 aliphatic rings. The summed E-state index contributed by atoms with van der Waals surface area (Å²) >= 11 is 3.53. The summed E-state index contributed by atoms with van der Waals surface area (Å²) in [6, 6.07) is 6.35. The Morgan fingerprint density at radius 2 is 2.28 bits per heavy atom. The van der Waals surface area contributed by atoms with Gasteiger partial charge in [0.15, 0.2) is 0 Å². The quantitative estimate of drug-likeness (QED) is 0.900. The minimum atomic E-state index is -0.572. The Morgan fingerprint density at radius 3 is 2.94 bits per heavy atom. The van der Waals surface area contributed by atoms with Gasteiger partial charge >= 0.3 is 0 Å². The first-order chi connectivity index (χ1) is 8.52. The highest BCUT2D eigenvalue weighted by molar-refractivity contribution is 9.10. The number of hydrogen-bond donors (Lipinski definition) is 2. The van der Waals surface area contributed by atoms with Crippen molar-refractivity contribution in [2.75, 3.05) is 25.0 Å². The van der Waals surface area contributed by atoms with E-state index in [1.807, 2.05) is 14.0 Å². The van der Waals surface area contributed by atoms with E-state index < -0.39 is 5.60 Å². The number of aliphatic hydroxyl groups is 1. The van der Waals surface area contributed by atoms with E-state index in [0.29, 0.717) is 6.54 Å². The van der Waals surface area contributed by atoms with Gasteiger partial charge in [-0.3, -0.25) is 0 Å². The van der Waals surface area contributed by atoms with Gasteiger partial charge in [0.2, 0.25) is 0 Å². The van der Waals surface area contributed by atoms with Gasteiger partial charge in [-0.2, -0.15) is 0 Å². The Kier molecular flexibility index (Phi) is 4.30. The molecule has 0 aromatic heterocycles. The first kappa shape index (κ1) is 13.8. The molecule has 0 amide bonds. The highest BCUT2D eigenvalue weighted by atomic mass is 79.9. The van der Waals surface area contributed by atoms with E-state index >= 15 is 0 Å². The van der Waals surface area contributed by atoms with Crippen molar-refractivity contribution >= 4 is 21.6 Å². The Hall–Kier alpha value is -0.580. The molecule has 3 nitrogen and oxygen atoms in total. The van der Waals surface area contributed by atoms with Crippen molar-refractivity contribution in [3.8, 4) is 0 Å². The number of nitrogens with zero attached hydrogens (tertiary/aromatic N) is 1. The smallest absolute Gasteiger partial charge is 0.0794 e. The summed E-state index contributed by atoms with van der Waals surface area (Å²) in [5, 5.41) is 13.4. The van der Waals surface area contributed by atoms with Crippen LogP contribution in [0.2, 0.25) is 0 Å². The van der Waals surface area contributed by atoms with Crippen molar-refractivity contribution in [3.05, 3.63) is 28.2 Å². The predicted molar refractivity (Wildman–Crippen MR) is 79.0 cm³/mol. The maximum Gasteiger partial charge on any atom is 0.0794 e. The van der Waals surface area contributed by atoms with Crippen LogP contribution in [0.5, 0.6) is 0 Å². The van der Waals surface area contributed by atoms with Gasteiger partial charge in [0.05, 0.1) is 5.60 Å². The first-order valence-electron chi connectivity index (χ1n) is 6.42. The van der Waals surface area contributed by atoms with Crippen LogP contribution in [0.4, 0.5) is 5.69 Å². The summed E-state index contributed by atoms with van der Waals surface area (Å²) < 4.78 is 1.09. The van der Waals surface area contributed by atoms with Gasteiger partial charge in [-0.05, 0) is 44.5 Å². The van der Waals surface area contributed by atoms with Crippen molar-refractivity contribution in [2.24, 2.45) is 0 Å². The average molecular weight is 313 g/mol. The summed E-state index contributed by atoms with van der Waals surface area (Å²) in [6.45, 7) is 4.50. The molecule has 1 saturated heterocycles. The minimum absolute atomic E-state index is 0.572. The fraction of sp³-hybridized carbons (Fsp3) is 0.571. The van der Waals surface area contributed by atoms with Crippen LogP contribution in [-0.4, -0.2) is 30.8 Å². The van der Waals surface area contributed by atoms with Crippen molar-refractivity contribution in [3.63, 3.8) is 0 Å². The number of piperidine rings is 1. The van der Waals surface area contributed by atoms with Crippen molar-refractivity contribution in [1.29, 1.82) is 0 Å². The Balaban J connectivity index is 2.28. The molecular formula is C14H21BrN2O. The molecule has 0 spiro atoms. The second kappa shape index (κ2) is 5.59. The molecule has 18 heavy (non-hydrogen) atoms. The van der Waals surface area contributed by atoms with Crippen LogP contribution in [0.25, 0.3) is 0 Å². The molecule has 2 N–H and O–H groups in total. The van der Waals surface area contributed by atoms with Gasteiger partial charge in [0.25, 0.3) is 0 Å². The number of nitrogens with one attached hydrogen (secondary N) is 1. The van der Waals surface area contributed by atoms with Crippen molar-refractivity contribution < 1.29 is 5.11 Å². The average Bonchev–Trinajstić information content (AvgIpc) is 2.30. The molecule has 1 atom stereocenters. The van der Waals surface area contributed by atoms with E-state index in [9.17, 15) is 5.11 Å². The van der Waals surface area contributed by atoms with Crippen LogP contribution in [0, 0.1) is 0 Å². The van der Waals surface area contributed by atoms with E-state index in [1.54, 1.807) is 0 Å². The van der Waals surface area contributed by atoms with Gasteiger partial charge in [-0.15, -0.1) is 0 Å². The summed E-state index contributed by atoms with van der Waals surface area (Å²) in [5.41, 5.74) is 1.93. The zero-order chi connectivity index (χ0) is 13.2. The van der Waals surface area contributed by atoms with Gasteiger partial charge in [-0.25, -0.2) is 0 Å². The maximum atomic E-state index is 10.2. The number of β-amino-alcohol motifs (C(OH)–C–C–N with tert-alkyl or cyclic N) is 1.